The molecule has 3 nitrogen and oxygen atoms in total. The van der Waals surface area contributed by atoms with E-state index in [1.807, 2.05) is 0 Å². The molecule has 0 radical (unpaired) electrons. The Morgan fingerprint density at radius 1 is 1.43 bits per heavy atom. The normalized spacial score (nSPS) is 17.0. The van der Waals surface area contributed by atoms with Crippen molar-refractivity contribution in [2.75, 3.05) is 26.7 Å². The molecule has 0 spiro atoms. The number of rotatable bonds is 9. The van der Waals surface area contributed by atoms with Gasteiger partial charge in [0.05, 0.1) is 17.9 Å². The molecule has 2 rings (SSSR count). The molecular weight excluding hydrogens is 265 g/mol. The number of nitrogens with zero attached hydrogens (tertiary/aromatic N) is 2. The van der Waals surface area contributed by atoms with Crippen LogP contribution in [-0.4, -0.2) is 36.6 Å². The van der Waals surface area contributed by atoms with Crippen molar-refractivity contribution < 1.29 is 4.39 Å². The van der Waals surface area contributed by atoms with Crippen LogP contribution >= 0.6 is 0 Å². The van der Waals surface area contributed by atoms with Crippen LogP contribution in [0.1, 0.15) is 50.8 Å². The van der Waals surface area contributed by atoms with Gasteiger partial charge in [-0.25, -0.2) is 4.39 Å². The third kappa shape index (κ3) is 5.36. The minimum Gasteiger partial charge on any atom is -0.309 e. The lowest BCUT2D eigenvalue weighted by molar-refractivity contribution is 0.198. The first kappa shape index (κ1) is 16.4. The fourth-order valence-electron chi connectivity index (χ4n) is 2.82. The average Bonchev–Trinajstić information content (AvgIpc) is 2.44. The lowest BCUT2D eigenvalue weighted by Crippen LogP contribution is -2.33. The predicted octanol–water partition coefficient (Wildman–Crippen LogP) is 3.38. The van der Waals surface area contributed by atoms with E-state index in [1.54, 1.807) is 6.07 Å². The molecule has 21 heavy (non-hydrogen) atoms. The average molecular weight is 293 g/mol. The van der Waals surface area contributed by atoms with E-state index in [9.17, 15) is 4.39 Å². The summed E-state index contributed by atoms with van der Waals surface area (Å²) in [7, 11) is 2.20. The van der Waals surface area contributed by atoms with Crippen molar-refractivity contribution in [3.63, 3.8) is 0 Å². The quantitative estimate of drug-likeness (QED) is 0.756. The van der Waals surface area contributed by atoms with Gasteiger partial charge < -0.3 is 10.2 Å². The van der Waals surface area contributed by atoms with E-state index in [0.717, 1.165) is 37.5 Å². The summed E-state index contributed by atoms with van der Waals surface area (Å²) in [5.74, 6) is 0.635. The number of pyridine rings is 1. The minimum absolute atomic E-state index is 0.217. The smallest absolute Gasteiger partial charge is 0.141 e. The Kier molecular flexibility index (Phi) is 6.58. The van der Waals surface area contributed by atoms with Crippen molar-refractivity contribution in [3.8, 4) is 0 Å². The Labute approximate surface area is 127 Å². The van der Waals surface area contributed by atoms with Crippen LogP contribution in [0.3, 0.4) is 0 Å². The van der Waals surface area contributed by atoms with Gasteiger partial charge in [-0.1, -0.05) is 13.3 Å². The van der Waals surface area contributed by atoms with Crippen molar-refractivity contribution in [2.45, 2.75) is 45.1 Å². The number of hydrogen-bond acceptors (Lipinski definition) is 3. The first-order valence-corrected chi connectivity index (χ1v) is 8.22. The highest BCUT2D eigenvalue weighted by Gasteiger charge is 2.20. The molecule has 0 aliphatic heterocycles. The van der Waals surface area contributed by atoms with E-state index in [0.29, 0.717) is 0 Å². The molecule has 4 heteroatoms. The van der Waals surface area contributed by atoms with E-state index in [4.69, 9.17) is 0 Å². The predicted molar refractivity (Wildman–Crippen MR) is 84.7 cm³/mol. The van der Waals surface area contributed by atoms with Gasteiger partial charge in [-0.15, -0.1) is 0 Å². The molecule has 118 valence electrons. The molecule has 1 aliphatic carbocycles. The molecule has 1 heterocycles. The fraction of sp³-hybridized carbons (Fsp3) is 0.706. The van der Waals surface area contributed by atoms with Crippen LogP contribution in [-0.2, 0) is 0 Å². The van der Waals surface area contributed by atoms with Crippen LogP contribution in [0.5, 0.6) is 0 Å². The Bertz CT molecular complexity index is 403. The Morgan fingerprint density at radius 2 is 2.24 bits per heavy atom. The zero-order valence-corrected chi connectivity index (χ0v) is 13.3. The van der Waals surface area contributed by atoms with Crippen LogP contribution < -0.4 is 5.32 Å². The molecule has 0 amide bonds. The molecule has 1 N–H and O–H groups in total. The first-order chi connectivity index (χ1) is 10.2. The summed E-state index contributed by atoms with van der Waals surface area (Å²) < 4.78 is 13.0. The van der Waals surface area contributed by atoms with E-state index < -0.39 is 0 Å². The zero-order chi connectivity index (χ0) is 15.1. The molecule has 1 aromatic heterocycles. The van der Waals surface area contributed by atoms with Gasteiger partial charge in [0.1, 0.15) is 5.82 Å². The molecule has 1 aromatic rings. The molecule has 1 unspecified atom stereocenters. The summed E-state index contributed by atoms with van der Waals surface area (Å²) >= 11 is 0. The number of aromatic nitrogens is 1. The highest BCUT2D eigenvalue weighted by atomic mass is 19.1. The van der Waals surface area contributed by atoms with Crippen LogP contribution in [0.15, 0.2) is 18.3 Å². The summed E-state index contributed by atoms with van der Waals surface area (Å²) in [6.07, 6.45) is 7.60. The molecule has 1 saturated carbocycles. The van der Waals surface area contributed by atoms with Crippen LogP contribution in [0.2, 0.25) is 0 Å². The molecular formula is C17H28FN3. The third-order valence-electron chi connectivity index (χ3n) is 4.34. The zero-order valence-electron chi connectivity index (χ0n) is 13.3. The van der Waals surface area contributed by atoms with Gasteiger partial charge in [0.15, 0.2) is 0 Å². The molecule has 1 aliphatic rings. The maximum Gasteiger partial charge on any atom is 0.141 e. The van der Waals surface area contributed by atoms with Crippen molar-refractivity contribution in [1.29, 1.82) is 0 Å². The van der Waals surface area contributed by atoms with Gasteiger partial charge in [0.25, 0.3) is 0 Å². The lowest BCUT2D eigenvalue weighted by Gasteiger charge is -2.31. The third-order valence-corrected chi connectivity index (χ3v) is 4.34. The van der Waals surface area contributed by atoms with Crippen LogP contribution in [0, 0.1) is 11.7 Å². The monoisotopic (exact) mass is 293 g/mol. The van der Waals surface area contributed by atoms with E-state index in [-0.39, 0.29) is 11.9 Å². The maximum absolute atomic E-state index is 13.0. The van der Waals surface area contributed by atoms with Gasteiger partial charge >= 0.3 is 0 Å². The van der Waals surface area contributed by atoms with Crippen molar-refractivity contribution in [1.82, 2.24) is 15.2 Å². The van der Waals surface area contributed by atoms with Gasteiger partial charge in [-0.2, -0.15) is 0 Å². The molecule has 1 fully saturated rings. The lowest BCUT2D eigenvalue weighted by atomic mass is 9.85. The second kappa shape index (κ2) is 8.44. The van der Waals surface area contributed by atoms with Crippen molar-refractivity contribution in [3.05, 3.63) is 29.8 Å². The van der Waals surface area contributed by atoms with Gasteiger partial charge in [-0.3, -0.25) is 4.98 Å². The highest BCUT2D eigenvalue weighted by Crippen LogP contribution is 2.27. The topological polar surface area (TPSA) is 28.2 Å². The van der Waals surface area contributed by atoms with Gasteiger partial charge in [-0.05, 0) is 63.9 Å². The summed E-state index contributed by atoms with van der Waals surface area (Å²) in [5, 5.41) is 3.53. The Balaban J connectivity index is 1.84. The van der Waals surface area contributed by atoms with E-state index in [2.05, 4.69) is 29.2 Å². The standard InChI is InChI=1S/C17H28FN3/c1-3-10-19-17(16-8-7-15(18)12-20-16)9-11-21(2)13-14-5-4-6-14/h7-8,12,14,17,19H,3-6,9-11,13H2,1-2H3. The molecule has 0 aromatic carbocycles. The fourth-order valence-corrected chi connectivity index (χ4v) is 2.82. The first-order valence-electron chi connectivity index (χ1n) is 8.22. The van der Waals surface area contributed by atoms with Crippen LogP contribution in [0.4, 0.5) is 4.39 Å². The second-order valence-corrected chi connectivity index (χ2v) is 6.26. The Hall–Kier alpha value is -1.00. The largest absolute Gasteiger partial charge is 0.309 e. The number of nitrogens with one attached hydrogen (secondary N) is 1. The highest BCUT2D eigenvalue weighted by molar-refractivity contribution is 5.10. The number of halogens is 1. The SMILES string of the molecule is CCCNC(CCN(C)CC1CCC1)c1ccc(F)cn1. The summed E-state index contributed by atoms with van der Waals surface area (Å²) in [6.45, 7) is 5.38. The summed E-state index contributed by atoms with van der Waals surface area (Å²) in [5.41, 5.74) is 0.946. The summed E-state index contributed by atoms with van der Waals surface area (Å²) in [6, 6.07) is 3.52. The van der Waals surface area contributed by atoms with Crippen molar-refractivity contribution in [2.24, 2.45) is 5.92 Å². The molecule has 0 bridgehead atoms. The molecule has 1 atom stereocenters. The minimum atomic E-state index is -0.268. The second-order valence-electron chi connectivity index (χ2n) is 6.26. The van der Waals surface area contributed by atoms with Crippen LogP contribution in [0.25, 0.3) is 0 Å². The van der Waals surface area contributed by atoms with Gasteiger partial charge in [0, 0.05) is 6.54 Å². The Morgan fingerprint density at radius 3 is 2.81 bits per heavy atom. The van der Waals surface area contributed by atoms with Gasteiger partial charge in [0.2, 0.25) is 0 Å². The number of hydrogen-bond donors (Lipinski definition) is 1. The van der Waals surface area contributed by atoms with Crippen molar-refractivity contribution >= 4 is 0 Å². The summed E-state index contributed by atoms with van der Waals surface area (Å²) in [4.78, 5) is 6.67. The molecule has 0 saturated heterocycles. The van der Waals surface area contributed by atoms with E-state index in [1.165, 1.54) is 38.1 Å². The van der Waals surface area contributed by atoms with E-state index >= 15 is 0 Å². The maximum atomic E-state index is 13.0.